The van der Waals surface area contributed by atoms with Crippen molar-refractivity contribution in [2.45, 2.75) is 116 Å². The Hall–Kier alpha value is -0.670. The van der Waals surface area contributed by atoms with E-state index in [9.17, 15) is 15.0 Å². The second-order valence-corrected chi connectivity index (χ2v) is 11.6. The van der Waals surface area contributed by atoms with Crippen LogP contribution in [0.3, 0.4) is 0 Å². The predicted octanol–water partition coefficient (Wildman–Crippen LogP) is 5.83. The zero-order valence-electron chi connectivity index (χ0n) is 19.5. The van der Waals surface area contributed by atoms with E-state index in [-0.39, 0.29) is 11.7 Å². The van der Waals surface area contributed by atoms with Crippen LogP contribution in [0.15, 0.2) is 11.6 Å². The average molecular weight is 417 g/mol. The van der Waals surface area contributed by atoms with Crippen molar-refractivity contribution < 1.29 is 15.0 Å². The topological polar surface area (TPSA) is 57.5 Å². The van der Waals surface area contributed by atoms with Gasteiger partial charge in [0, 0.05) is 5.41 Å². The first-order valence-corrected chi connectivity index (χ1v) is 12.9. The lowest BCUT2D eigenvalue weighted by Crippen LogP contribution is -2.52. The Bertz CT molecular complexity index is 669. The van der Waals surface area contributed by atoms with Gasteiger partial charge in [-0.3, -0.25) is 4.79 Å². The molecule has 3 nitrogen and oxygen atoms in total. The van der Waals surface area contributed by atoms with Crippen LogP contribution in [0.4, 0.5) is 0 Å². The van der Waals surface area contributed by atoms with Gasteiger partial charge >= 0.3 is 0 Å². The lowest BCUT2D eigenvalue weighted by molar-refractivity contribution is -0.149. The summed E-state index contributed by atoms with van der Waals surface area (Å²) in [6, 6.07) is 0. The third-order valence-corrected chi connectivity index (χ3v) is 9.95. The first-order valence-electron chi connectivity index (χ1n) is 12.9. The molecule has 0 heterocycles. The molecule has 4 aliphatic rings. The van der Waals surface area contributed by atoms with Gasteiger partial charge in [-0.15, -0.1) is 0 Å². The highest BCUT2D eigenvalue weighted by molar-refractivity contribution is 5.90. The standard InChI is InChI=1S/C27H44O3/c1-4-5-6-7-8-9-10-18-11-12-20-19-17-23(29)24-22(28)14-16-27(3,25(24)30)21(19)13-15-26(18,20)2/h17-18,20-24,28-29H,4-16H2,1-3H3/t18-,20-,21-,22-,23+,24-,26+,27+/m0/s1. The number of carbonyl (C=O) groups is 1. The van der Waals surface area contributed by atoms with Crippen LogP contribution in [-0.4, -0.2) is 28.2 Å². The predicted molar refractivity (Wildman–Crippen MR) is 121 cm³/mol. The Morgan fingerprint density at radius 2 is 1.67 bits per heavy atom. The summed E-state index contributed by atoms with van der Waals surface area (Å²) in [5.74, 6) is 1.06. The molecule has 0 radical (unpaired) electrons. The average Bonchev–Trinajstić information content (AvgIpc) is 3.02. The summed E-state index contributed by atoms with van der Waals surface area (Å²) >= 11 is 0. The number of aliphatic hydroxyl groups is 2. The summed E-state index contributed by atoms with van der Waals surface area (Å²) in [6.07, 6.45) is 16.3. The van der Waals surface area contributed by atoms with Crippen LogP contribution in [0.1, 0.15) is 104 Å². The summed E-state index contributed by atoms with van der Waals surface area (Å²) in [6.45, 7) is 6.92. The monoisotopic (exact) mass is 416 g/mol. The minimum Gasteiger partial charge on any atom is -0.392 e. The van der Waals surface area contributed by atoms with Crippen molar-refractivity contribution in [1.29, 1.82) is 0 Å². The van der Waals surface area contributed by atoms with Crippen LogP contribution in [0.25, 0.3) is 0 Å². The quantitative estimate of drug-likeness (QED) is 0.406. The summed E-state index contributed by atoms with van der Waals surface area (Å²) < 4.78 is 0. The molecule has 3 heteroatoms. The fourth-order valence-electron chi connectivity index (χ4n) is 8.00. The molecule has 4 aliphatic carbocycles. The number of Topliss-reactive ketones (excluding diaryl/α,β-unsaturated/α-hetero) is 1. The van der Waals surface area contributed by atoms with Gasteiger partial charge in [0.05, 0.1) is 18.1 Å². The van der Waals surface area contributed by atoms with Crippen molar-refractivity contribution in [3.63, 3.8) is 0 Å². The van der Waals surface area contributed by atoms with Crippen LogP contribution in [0.5, 0.6) is 0 Å². The molecule has 0 amide bonds. The van der Waals surface area contributed by atoms with Crippen molar-refractivity contribution >= 4 is 5.78 Å². The molecule has 30 heavy (non-hydrogen) atoms. The minimum atomic E-state index is -0.813. The molecule has 0 aromatic carbocycles. The van der Waals surface area contributed by atoms with Gasteiger partial charge < -0.3 is 10.2 Å². The minimum absolute atomic E-state index is 0.121. The molecule has 0 aromatic heterocycles. The molecule has 0 saturated heterocycles. The Morgan fingerprint density at radius 1 is 0.933 bits per heavy atom. The summed E-state index contributed by atoms with van der Waals surface area (Å²) in [5.41, 5.74) is 1.31. The molecule has 4 rings (SSSR count). The van der Waals surface area contributed by atoms with E-state index in [0.717, 1.165) is 18.8 Å². The van der Waals surface area contributed by atoms with E-state index in [1.54, 1.807) is 0 Å². The number of unbranched alkanes of at least 4 members (excludes halogenated alkanes) is 5. The van der Waals surface area contributed by atoms with E-state index in [0.29, 0.717) is 17.8 Å². The fourth-order valence-corrected chi connectivity index (χ4v) is 8.00. The number of allylic oxidation sites excluding steroid dienone is 1. The Morgan fingerprint density at radius 3 is 2.43 bits per heavy atom. The number of ketones is 1. The van der Waals surface area contributed by atoms with E-state index >= 15 is 0 Å². The maximum atomic E-state index is 13.4. The largest absolute Gasteiger partial charge is 0.392 e. The first-order chi connectivity index (χ1) is 14.3. The van der Waals surface area contributed by atoms with Gasteiger partial charge in [-0.25, -0.2) is 0 Å². The van der Waals surface area contributed by atoms with Gasteiger partial charge in [0.25, 0.3) is 0 Å². The van der Waals surface area contributed by atoms with Gasteiger partial charge in [-0.1, -0.05) is 70.9 Å². The number of hydrogen-bond donors (Lipinski definition) is 2. The van der Waals surface area contributed by atoms with Crippen LogP contribution >= 0.6 is 0 Å². The highest BCUT2D eigenvalue weighted by Crippen LogP contribution is 2.64. The molecule has 8 atom stereocenters. The number of carbonyl (C=O) groups excluding carboxylic acids is 1. The molecule has 0 aliphatic heterocycles. The van der Waals surface area contributed by atoms with Crippen molar-refractivity contribution in [1.82, 2.24) is 0 Å². The fraction of sp³-hybridized carbons (Fsp3) is 0.889. The number of rotatable bonds is 7. The van der Waals surface area contributed by atoms with Gasteiger partial charge in [-0.05, 0) is 68.1 Å². The molecule has 0 aromatic rings. The molecule has 2 N–H and O–H groups in total. The lowest BCUT2D eigenvalue weighted by atomic mass is 9.53. The zero-order valence-corrected chi connectivity index (χ0v) is 19.5. The Labute approximate surface area is 183 Å². The van der Waals surface area contributed by atoms with Gasteiger partial charge in [0.2, 0.25) is 0 Å². The van der Waals surface area contributed by atoms with Crippen molar-refractivity contribution in [2.24, 2.45) is 34.5 Å². The summed E-state index contributed by atoms with van der Waals surface area (Å²) in [4.78, 5) is 13.4. The van der Waals surface area contributed by atoms with E-state index in [1.807, 2.05) is 6.08 Å². The van der Waals surface area contributed by atoms with E-state index in [1.165, 1.54) is 69.8 Å². The number of aliphatic hydroxyl groups excluding tert-OH is 2. The molecule has 170 valence electrons. The molecule has 2 bridgehead atoms. The molecular weight excluding hydrogens is 372 g/mol. The van der Waals surface area contributed by atoms with E-state index in [4.69, 9.17) is 0 Å². The van der Waals surface area contributed by atoms with Crippen LogP contribution in [0, 0.1) is 34.5 Å². The van der Waals surface area contributed by atoms with E-state index in [2.05, 4.69) is 20.8 Å². The highest BCUT2D eigenvalue weighted by atomic mass is 16.3. The molecule has 3 fully saturated rings. The highest BCUT2D eigenvalue weighted by Gasteiger charge is 2.60. The maximum absolute atomic E-state index is 13.4. The summed E-state index contributed by atoms with van der Waals surface area (Å²) in [7, 11) is 0. The van der Waals surface area contributed by atoms with Gasteiger partial charge in [-0.2, -0.15) is 0 Å². The van der Waals surface area contributed by atoms with Crippen molar-refractivity contribution in [2.75, 3.05) is 0 Å². The molecule has 0 unspecified atom stereocenters. The summed E-state index contributed by atoms with van der Waals surface area (Å²) in [5, 5.41) is 21.4. The third kappa shape index (κ3) is 3.62. The Balaban J connectivity index is 1.50. The van der Waals surface area contributed by atoms with Gasteiger partial charge in [0.15, 0.2) is 0 Å². The van der Waals surface area contributed by atoms with E-state index < -0.39 is 23.5 Å². The third-order valence-electron chi connectivity index (χ3n) is 9.95. The smallest absolute Gasteiger partial charge is 0.147 e. The van der Waals surface area contributed by atoms with Crippen LogP contribution < -0.4 is 0 Å². The molecular formula is C27H44O3. The van der Waals surface area contributed by atoms with Crippen molar-refractivity contribution in [3.05, 3.63) is 11.6 Å². The molecule has 3 saturated carbocycles. The Kier molecular flexibility index (Phi) is 6.53. The number of hydrogen-bond acceptors (Lipinski definition) is 3. The van der Waals surface area contributed by atoms with Crippen LogP contribution in [-0.2, 0) is 4.79 Å². The SMILES string of the molecule is CCCCCCCC[C@H]1CC[C@H]2C3=C[C@@H](O)[C@H]4C(=O)[C@](C)(CC[C@@H]4O)[C@H]3CC[C@]12C. The normalized spacial score (nSPS) is 45.5. The molecule has 0 spiro atoms. The lowest BCUT2D eigenvalue weighted by Gasteiger charge is -2.51. The van der Waals surface area contributed by atoms with Crippen molar-refractivity contribution in [3.8, 4) is 0 Å². The van der Waals surface area contributed by atoms with Gasteiger partial charge in [0.1, 0.15) is 5.78 Å². The zero-order chi connectivity index (χ0) is 21.5. The van der Waals surface area contributed by atoms with Crippen LogP contribution in [0.2, 0.25) is 0 Å². The maximum Gasteiger partial charge on any atom is 0.147 e. The second-order valence-electron chi connectivity index (χ2n) is 11.6. The second kappa shape index (κ2) is 8.70. The first kappa shape index (κ1) is 22.5. The number of fused-ring (bicyclic) bond motifs is 6.